The fourth-order valence-corrected chi connectivity index (χ4v) is 3.33. The van der Waals surface area contributed by atoms with Gasteiger partial charge in [0.25, 0.3) is 0 Å². The van der Waals surface area contributed by atoms with E-state index in [4.69, 9.17) is 5.11 Å². The van der Waals surface area contributed by atoms with Gasteiger partial charge in [-0.1, -0.05) is 30.3 Å². The van der Waals surface area contributed by atoms with Crippen LogP contribution in [-0.2, 0) is 11.3 Å². The Morgan fingerprint density at radius 3 is 2.67 bits per heavy atom. The molecule has 0 aromatic heterocycles. The van der Waals surface area contributed by atoms with E-state index in [0.29, 0.717) is 12.0 Å². The van der Waals surface area contributed by atoms with Gasteiger partial charge in [0.1, 0.15) is 0 Å². The molecule has 0 amide bonds. The number of hydrogen-bond acceptors (Lipinski definition) is 3. The number of nitrogens with zero attached hydrogens (tertiary/aromatic N) is 2. The average Bonchev–Trinajstić information content (AvgIpc) is 3.22. The Hall–Kier alpha value is -1.39. The normalized spacial score (nSPS) is 22.8. The maximum absolute atomic E-state index is 11.0. The number of carboxylic acid groups (broad SMARTS) is 1. The monoisotopic (exact) mass is 288 g/mol. The van der Waals surface area contributed by atoms with Gasteiger partial charge in [0.05, 0.1) is 6.54 Å². The lowest BCUT2D eigenvalue weighted by Gasteiger charge is -2.24. The molecule has 1 aliphatic heterocycles. The predicted molar refractivity (Wildman–Crippen MR) is 82.1 cm³/mol. The number of rotatable bonds is 7. The Kier molecular flexibility index (Phi) is 4.56. The molecule has 4 heteroatoms. The number of carboxylic acids is 1. The fourth-order valence-electron chi connectivity index (χ4n) is 3.33. The maximum atomic E-state index is 11.0. The Bertz CT molecular complexity index is 473. The van der Waals surface area contributed by atoms with Gasteiger partial charge < -0.3 is 5.11 Å². The second-order valence-electron chi connectivity index (χ2n) is 6.43. The molecule has 2 fully saturated rings. The van der Waals surface area contributed by atoms with Gasteiger partial charge in [-0.15, -0.1) is 0 Å². The lowest BCUT2D eigenvalue weighted by molar-refractivity contribution is -0.138. The van der Waals surface area contributed by atoms with E-state index in [0.717, 1.165) is 26.2 Å². The number of likely N-dealkylation sites (tertiary alicyclic amines) is 1. The van der Waals surface area contributed by atoms with Crippen molar-refractivity contribution in [2.75, 3.05) is 26.2 Å². The van der Waals surface area contributed by atoms with E-state index in [1.807, 2.05) is 0 Å². The quantitative estimate of drug-likeness (QED) is 0.834. The third-order valence-corrected chi connectivity index (χ3v) is 4.51. The average molecular weight is 288 g/mol. The van der Waals surface area contributed by atoms with Gasteiger partial charge in [-0.3, -0.25) is 14.6 Å². The summed E-state index contributed by atoms with van der Waals surface area (Å²) in [4.78, 5) is 15.6. The highest BCUT2D eigenvalue weighted by Crippen LogP contribution is 2.29. The highest BCUT2D eigenvalue weighted by atomic mass is 16.4. The number of benzene rings is 1. The van der Waals surface area contributed by atoms with Crippen molar-refractivity contribution < 1.29 is 9.90 Å². The lowest BCUT2D eigenvalue weighted by atomic mass is 10.1. The van der Waals surface area contributed by atoms with Gasteiger partial charge in [0.15, 0.2) is 0 Å². The zero-order valence-electron chi connectivity index (χ0n) is 12.4. The summed E-state index contributed by atoms with van der Waals surface area (Å²) >= 11 is 0. The van der Waals surface area contributed by atoms with Gasteiger partial charge in [0, 0.05) is 25.7 Å². The molecule has 4 nitrogen and oxygen atoms in total. The topological polar surface area (TPSA) is 43.8 Å². The minimum absolute atomic E-state index is 0.208. The molecule has 1 N–H and O–H groups in total. The third kappa shape index (κ3) is 4.29. The fraction of sp³-hybridized carbons (Fsp3) is 0.588. The molecular weight excluding hydrogens is 264 g/mol. The first-order chi connectivity index (χ1) is 10.2. The molecule has 2 aliphatic rings. The lowest BCUT2D eigenvalue weighted by Crippen LogP contribution is -2.36. The summed E-state index contributed by atoms with van der Waals surface area (Å²) in [5, 5.41) is 9.03. The van der Waals surface area contributed by atoms with Crippen LogP contribution in [0.15, 0.2) is 30.3 Å². The van der Waals surface area contributed by atoms with Crippen LogP contribution in [0, 0.1) is 5.92 Å². The van der Waals surface area contributed by atoms with Crippen molar-refractivity contribution in [3.63, 3.8) is 0 Å². The molecule has 0 spiro atoms. The van der Waals surface area contributed by atoms with Crippen molar-refractivity contribution in [3.8, 4) is 0 Å². The summed E-state index contributed by atoms with van der Waals surface area (Å²) in [7, 11) is 0. The van der Waals surface area contributed by atoms with Crippen LogP contribution in [-0.4, -0.2) is 53.1 Å². The minimum atomic E-state index is -0.693. The van der Waals surface area contributed by atoms with Gasteiger partial charge in [-0.05, 0) is 37.3 Å². The van der Waals surface area contributed by atoms with Crippen LogP contribution < -0.4 is 0 Å². The zero-order chi connectivity index (χ0) is 14.7. The highest BCUT2D eigenvalue weighted by Gasteiger charge is 2.33. The molecule has 114 valence electrons. The Morgan fingerprint density at radius 2 is 2.00 bits per heavy atom. The minimum Gasteiger partial charge on any atom is -0.480 e. The molecule has 3 rings (SSSR count). The Morgan fingerprint density at radius 1 is 1.24 bits per heavy atom. The maximum Gasteiger partial charge on any atom is 0.317 e. The molecule has 1 saturated heterocycles. The van der Waals surface area contributed by atoms with Crippen molar-refractivity contribution in [2.24, 2.45) is 5.92 Å². The third-order valence-electron chi connectivity index (χ3n) is 4.51. The first kappa shape index (κ1) is 14.5. The second kappa shape index (κ2) is 6.58. The Balaban J connectivity index is 1.48. The standard InChI is InChI=1S/C17H24N2O2/c20-17(21)13-19(16-6-7-16)12-15-8-9-18(11-15)10-14-4-2-1-3-5-14/h1-5,15-16H,6-13H2,(H,20,21)/t15-/m1/s1. The summed E-state index contributed by atoms with van der Waals surface area (Å²) in [6.45, 7) is 4.39. The Labute approximate surface area is 126 Å². The predicted octanol–water partition coefficient (Wildman–Crippen LogP) is 2.06. The van der Waals surface area contributed by atoms with Crippen molar-refractivity contribution in [1.82, 2.24) is 9.80 Å². The van der Waals surface area contributed by atoms with Crippen molar-refractivity contribution in [2.45, 2.75) is 31.8 Å². The van der Waals surface area contributed by atoms with E-state index >= 15 is 0 Å². The molecule has 0 unspecified atom stereocenters. The molecule has 1 saturated carbocycles. The van der Waals surface area contributed by atoms with Crippen LogP contribution in [0.4, 0.5) is 0 Å². The molecular formula is C17H24N2O2. The van der Waals surface area contributed by atoms with Crippen LogP contribution in [0.1, 0.15) is 24.8 Å². The molecule has 1 aliphatic carbocycles. The molecule has 0 bridgehead atoms. The van der Waals surface area contributed by atoms with Gasteiger partial charge in [-0.25, -0.2) is 0 Å². The van der Waals surface area contributed by atoms with Crippen molar-refractivity contribution in [3.05, 3.63) is 35.9 Å². The van der Waals surface area contributed by atoms with Crippen LogP contribution in [0.3, 0.4) is 0 Å². The molecule has 21 heavy (non-hydrogen) atoms. The first-order valence-electron chi connectivity index (χ1n) is 7.93. The van der Waals surface area contributed by atoms with E-state index in [-0.39, 0.29) is 6.54 Å². The summed E-state index contributed by atoms with van der Waals surface area (Å²) in [6, 6.07) is 11.1. The largest absolute Gasteiger partial charge is 0.480 e. The van der Waals surface area contributed by atoms with Crippen LogP contribution in [0.5, 0.6) is 0 Å². The molecule has 0 radical (unpaired) electrons. The van der Waals surface area contributed by atoms with Crippen LogP contribution in [0.25, 0.3) is 0 Å². The zero-order valence-corrected chi connectivity index (χ0v) is 12.4. The van der Waals surface area contributed by atoms with Crippen molar-refractivity contribution in [1.29, 1.82) is 0 Å². The number of hydrogen-bond donors (Lipinski definition) is 1. The summed E-state index contributed by atoms with van der Waals surface area (Å²) < 4.78 is 0. The number of aliphatic carboxylic acids is 1. The molecule has 1 aromatic rings. The van der Waals surface area contributed by atoms with E-state index in [2.05, 4.69) is 40.1 Å². The molecule has 1 aromatic carbocycles. The summed E-state index contributed by atoms with van der Waals surface area (Å²) in [6.07, 6.45) is 3.54. The van der Waals surface area contributed by atoms with E-state index in [1.165, 1.54) is 24.8 Å². The van der Waals surface area contributed by atoms with Crippen molar-refractivity contribution >= 4 is 5.97 Å². The number of carbonyl (C=O) groups is 1. The van der Waals surface area contributed by atoms with Gasteiger partial charge in [0.2, 0.25) is 0 Å². The second-order valence-corrected chi connectivity index (χ2v) is 6.43. The summed E-state index contributed by atoms with van der Waals surface area (Å²) in [5.41, 5.74) is 1.36. The first-order valence-corrected chi connectivity index (χ1v) is 7.93. The van der Waals surface area contributed by atoms with E-state index in [9.17, 15) is 4.79 Å². The highest BCUT2D eigenvalue weighted by molar-refractivity contribution is 5.69. The van der Waals surface area contributed by atoms with E-state index < -0.39 is 5.97 Å². The molecule has 1 atom stereocenters. The smallest absolute Gasteiger partial charge is 0.317 e. The SMILES string of the molecule is O=C(O)CN(C[C@@H]1CCN(Cc2ccccc2)C1)C1CC1. The van der Waals surface area contributed by atoms with Crippen LogP contribution >= 0.6 is 0 Å². The molecule has 1 heterocycles. The van der Waals surface area contributed by atoms with E-state index in [1.54, 1.807) is 0 Å². The summed E-state index contributed by atoms with van der Waals surface area (Å²) in [5.74, 6) is -0.0744. The van der Waals surface area contributed by atoms with Crippen LogP contribution in [0.2, 0.25) is 0 Å². The van der Waals surface area contributed by atoms with Gasteiger partial charge >= 0.3 is 5.97 Å². The van der Waals surface area contributed by atoms with Gasteiger partial charge in [-0.2, -0.15) is 0 Å².